The van der Waals surface area contributed by atoms with Gasteiger partial charge in [-0.05, 0) is 43.7 Å². The number of nitrogens with zero attached hydrogens (tertiary/aromatic N) is 3. The van der Waals surface area contributed by atoms with E-state index in [1.165, 1.54) is 17.3 Å². The summed E-state index contributed by atoms with van der Waals surface area (Å²) in [5, 5.41) is 1.43. The van der Waals surface area contributed by atoms with Crippen LogP contribution >= 0.6 is 23.4 Å². The van der Waals surface area contributed by atoms with Crippen molar-refractivity contribution in [1.82, 2.24) is 14.9 Å². The number of aromatic nitrogens is 2. The predicted molar refractivity (Wildman–Crippen MR) is 134 cm³/mol. The molecule has 33 heavy (non-hydrogen) atoms. The molecule has 172 valence electrons. The number of amides is 1. The van der Waals surface area contributed by atoms with E-state index in [2.05, 4.69) is 33.9 Å². The maximum Gasteiger partial charge on any atom is 0.255 e. The molecule has 1 aromatic heterocycles. The molecule has 1 aliphatic rings. The summed E-state index contributed by atoms with van der Waals surface area (Å²) < 4.78 is 0. The molecule has 0 spiro atoms. The molecular weight excluding hydrogens is 456 g/mol. The summed E-state index contributed by atoms with van der Waals surface area (Å²) in [6, 6.07) is 17.8. The highest BCUT2D eigenvalue weighted by Gasteiger charge is 2.23. The van der Waals surface area contributed by atoms with Crippen LogP contribution in [0.2, 0.25) is 5.02 Å². The topological polar surface area (TPSA) is 69.3 Å². The molecule has 1 unspecified atom stereocenters. The molecule has 1 N–H and O–H groups in total. The summed E-state index contributed by atoms with van der Waals surface area (Å²) in [4.78, 5) is 37.2. The van der Waals surface area contributed by atoms with Gasteiger partial charge in [-0.25, -0.2) is 4.98 Å². The third-order valence-electron chi connectivity index (χ3n) is 5.91. The lowest BCUT2D eigenvalue weighted by molar-refractivity contribution is -0.130. The molecule has 1 atom stereocenters. The zero-order valence-electron chi connectivity index (χ0n) is 18.8. The van der Waals surface area contributed by atoms with Gasteiger partial charge in [0.25, 0.3) is 5.56 Å². The molecule has 0 aliphatic carbocycles. The molecular formula is C25H27ClN4O2S. The van der Waals surface area contributed by atoms with Crippen molar-refractivity contribution in [2.45, 2.75) is 30.7 Å². The van der Waals surface area contributed by atoms with Crippen LogP contribution in [0, 0.1) is 6.92 Å². The van der Waals surface area contributed by atoms with Gasteiger partial charge in [-0.1, -0.05) is 53.7 Å². The fourth-order valence-electron chi connectivity index (χ4n) is 3.94. The van der Waals surface area contributed by atoms with Crippen LogP contribution in [0.5, 0.6) is 0 Å². The molecule has 0 bridgehead atoms. The Morgan fingerprint density at radius 3 is 2.39 bits per heavy atom. The van der Waals surface area contributed by atoms with Crippen molar-refractivity contribution < 1.29 is 4.79 Å². The first-order valence-electron chi connectivity index (χ1n) is 11.0. The number of carbonyl (C=O) groups excluding carboxylic acids is 1. The van der Waals surface area contributed by atoms with Crippen LogP contribution in [0.3, 0.4) is 0 Å². The van der Waals surface area contributed by atoms with E-state index in [0.29, 0.717) is 34.5 Å². The lowest BCUT2D eigenvalue weighted by atomic mass is 10.1. The van der Waals surface area contributed by atoms with Gasteiger partial charge in [0.05, 0.1) is 6.42 Å². The van der Waals surface area contributed by atoms with Gasteiger partial charge in [-0.2, -0.15) is 0 Å². The molecule has 3 aromatic rings. The maximum absolute atomic E-state index is 12.9. The number of thioether (sulfide) groups is 1. The molecule has 1 aliphatic heterocycles. The number of aromatic amines is 1. The van der Waals surface area contributed by atoms with Gasteiger partial charge in [-0.15, -0.1) is 0 Å². The summed E-state index contributed by atoms with van der Waals surface area (Å²) >= 11 is 7.48. The number of hydrogen-bond acceptors (Lipinski definition) is 5. The number of benzene rings is 2. The Morgan fingerprint density at radius 2 is 1.76 bits per heavy atom. The smallest absolute Gasteiger partial charge is 0.255 e. The second-order valence-electron chi connectivity index (χ2n) is 8.13. The number of rotatable bonds is 6. The maximum atomic E-state index is 12.9. The zero-order chi connectivity index (χ0) is 23.4. The van der Waals surface area contributed by atoms with Gasteiger partial charge >= 0.3 is 0 Å². The number of nitrogens with one attached hydrogen (secondary N) is 1. The first-order chi connectivity index (χ1) is 15.9. The third kappa shape index (κ3) is 5.78. The Bertz CT molecular complexity index is 1160. The average Bonchev–Trinajstić information content (AvgIpc) is 2.82. The Hall–Kier alpha value is -2.77. The standard InChI is InChI=1S/C25H27ClN4O2S/c1-17-22(24(32)28-25(27-17)33-18(2)19-6-4-3-5-7-19)16-23(31)30-14-12-29(13-15-30)21-10-8-20(26)9-11-21/h3-11,18H,12-16H2,1-2H3,(H,27,28,32). The van der Waals surface area contributed by atoms with Gasteiger partial charge in [0.15, 0.2) is 5.16 Å². The molecule has 4 rings (SSSR count). The van der Waals surface area contributed by atoms with Crippen LogP contribution in [-0.2, 0) is 11.2 Å². The number of anilines is 1. The number of halogens is 1. The minimum absolute atomic E-state index is 0.0424. The molecule has 2 heterocycles. The highest BCUT2D eigenvalue weighted by Crippen LogP contribution is 2.32. The second-order valence-corrected chi connectivity index (χ2v) is 9.89. The molecule has 2 aromatic carbocycles. The van der Waals surface area contributed by atoms with E-state index < -0.39 is 0 Å². The highest BCUT2D eigenvalue weighted by molar-refractivity contribution is 7.99. The largest absolute Gasteiger partial charge is 0.368 e. The Balaban J connectivity index is 1.37. The average molecular weight is 483 g/mol. The van der Waals surface area contributed by atoms with Crippen LogP contribution in [0.15, 0.2) is 64.5 Å². The van der Waals surface area contributed by atoms with Crippen LogP contribution < -0.4 is 10.5 Å². The monoisotopic (exact) mass is 482 g/mol. The van der Waals surface area contributed by atoms with Crippen LogP contribution in [-0.4, -0.2) is 47.0 Å². The summed E-state index contributed by atoms with van der Waals surface area (Å²) in [5.74, 6) is -0.0424. The lowest BCUT2D eigenvalue weighted by Gasteiger charge is -2.36. The van der Waals surface area contributed by atoms with Gasteiger partial charge in [0.1, 0.15) is 0 Å². The molecule has 1 fully saturated rings. The van der Waals surface area contributed by atoms with Crippen molar-refractivity contribution in [1.29, 1.82) is 0 Å². The molecule has 8 heteroatoms. The molecule has 1 saturated heterocycles. The first-order valence-corrected chi connectivity index (χ1v) is 12.3. The fraction of sp³-hybridized carbons (Fsp3) is 0.320. The highest BCUT2D eigenvalue weighted by atomic mass is 35.5. The van der Waals surface area contributed by atoms with Crippen molar-refractivity contribution in [3.63, 3.8) is 0 Å². The first kappa shape index (κ1) is 23.4. The number of H-pyrrole nitrogens is 1. The van der Waals surface area contributed by atoms with Crippen LogP contribution in [0.4, 0.5) is 5.69 Å². The second kappa shape index (κ2) is 10.4. The van der Waals surface area contributed by atoms with Crippen molar-refractivity contribution in [2.75, 3.05) is 31.1 Å². The molecule has 6 nitrogen and oxygen atoms in total. The molecule has 0 saturated carbocycles. The lowest BCUT2D eigenvalue weighted by Crippen LogP contribution is -2.49. The van der Waals surface area contributed by atoms with Gasteiger partial charge < -0.3 is 14.8 Å². The van der Waals surface area contributed by atoms with Gasteiger partial charge in [0, 0.05) is 53.4 Å². The van der Waals surface area contributed by atoms with E-state index in [1.54, 1.807) is 6.92 Å². The van der Waals surface area contributed by atoms with E-state index in [9.17, 15) is 9.59 Å². The normalized spacial score (nSPS) is 14.9. The number of aryl methyl sites for hydroxylation is 1. The predicted octanol–water partition coefficient (Wildman–Crippen LogP) is 4.48. The zero-order valence-corrected chi connectivity index (χ0v) is 20.3. The van der Waals surface area contributed by atoms with Crippen molar-refractivity contribution in [3.05, 3.63) is 86.8 Å². The van der Waals surface area contributed by atoms with E-state index in [1.807, 2.05) is 47.4 Å². The number of hydrogen-bond donors (Lipinski definition) is 1. The summed E-state index contributed by atoms with van der Waals surface area (Å²) in [6.07, 6.45) is 0.0638. The van der Waals surface area contributed by atoms with E-state index in [4.69, 9.17) is 11.6 Å². The molecule has 1 amide bonds. The number of piperazine rings is 1. The quantitative estimate of drug-likeness (QED) is 0.414. The van der Waals surface area contributed by atoms with Crippen LogP contribution in [0.1, 0.15) is 29.0 Å². The van der Waals surface area contributed by atoms with Gasteiger partial charge in [0.2, 0.25) is 5.91 Å². The van der Waals surface area contributed by atoms with Crippen molar-refractivity contribution in [2.24, 2.45) is 0 Å². The Kier molecular flexibility index (Phi) is 7.40. The van der Waals surface area contributed by atoms with E-state index >= 15 is 0 Å². The summed E-state index contributed by atoms with van der Waals surface area (Å²) in [7, 11) is 0. The SMILES string of the molecule is Cc1nc(SC(C)c2ccccc2)[nH]c(=O)c1CC(=O)N1CCN(c2ccc(Cl)cc2)CC1. The Labute approximate surface area is 203 Å². The van der Waals surface area contributed by atoms with Crippen molar-refractivity contribution in [3.8, 4) is 0 Å². The summed E-state index contributed by atoms with van der Waals surface area (Å²) in [6.45, 7) is 6.61. The van der Waals surface area contributed by atoms with Crippen molar-refractivity contribution >= 4 is 35.0 Å². The minimum atomic E-state index is -0.238. The third-order valence-corrected chi connectivity index (χ3v) is 7.20. The number of carbonyl (C=O) groups is 1. The van der Waals surface area contributed by atoms with Crippen LogP contribution in [0.25, 0.3) is 0 Å². The molecule has 0 radical (unpaired) electrons. The fourth-order valence-corrected chi connectivity index (χ4v) is 5.03. The minimum Gasteiger partial charge on any atom is -0.368 e. The van der Waals surface area contributed by atoms with E-state index in [-0.39, 0.29) is 23.1 Å². The van der Waals surface area contributed by atoms with E-state index in [0.717, 1.165) is 18.8 Å². The summed E-state index contributed by atoms with van der Waals surface area (Å²) in [5.41, 5.74) is 3.07. The Morgan fingerprint density at radius 1 is 1.09 bits per heavy atom. The van der Waals surface area contributed by atoms with Gasteiger partial charge in [-0.3, -0.25) is 9.59 Å².